The minimum atomic E-state index is 0.461. The van der Waals surface area contributed by atoms with E-state index in [4.69, 9.17) is 16.3 Å². The van der Waals surface area contributed by atoms with Crippen LogP contribution in [-0.4, -0.2) is 23.1 Å². The fourth-order valence-electron chi connectivity index (χ4n) is 1.76. The largest absolute Gasteiger partial charge is 0.492 e. The van der Waals surface area contributed by atoms with Crippen molar-refractivity contribution in [3.63, 3.8) is 0 Å². The van der Waals surface area contributed by atoms with Gasteiger partial charge in [-0.05, 0) is 25.5 Å². The first-order valence-corrected chi connectivity index (χ1v) is 7.37. The molecule has 0 bridgehead atoms. The number of rotatable bonds is 7. The monoisotopic (exact) mass is 306 g/mol. The maximum Gasteiger partial charge on any atom is 0.224 e. The molecule has 2 rings (SSSR count). The van der Waals surface area contributed by atoms with E-state index in [1.807, 2.05) is 31.2 Å². The molecule has 0 amide bonds. The summed E-state index contributed by atoms with van der Waals surface area (Å²) in [5.41, 5.74) is 0.821. The first kappa shape index (κ1) is 15.4. The summed E-state index contributed by atoms with van der Waals surface area (Å²) in [7, 11) is 0. The molecule has 5 nitrogen and oxygen atoms in total. The van der Waals surface area contributed by atoms with E-state index in [0.717, 1.165) is 24.4 Å². The summed E-state index contributed by atoms with van der Waals surface area (Å²) in [4.78, 5) is 8.54. The average Bonchev–Trinajstić information content (AvgIpc) is 2.50. The van der Waals surface area contributed by atoms with Gasteiger partial charge in [-0.1, -0.05) is 30.7 Å². The molecule has 2 aromatic rings. The van der Waals surface area contributed by atoms with Crippen LogP contribution in [0.1, 0.15) is 20.3 Å². The standard InChI is InChI=1S/C15H19ClN4O/c1-3-9-17-15-18-10-11(16)14(20-15)19-12-7-5-6-8-13(12)21-4-2/h5-8,10H,3-4,9H2,1-2H3,(H2,17,18,19,20). The Labute approximate surface area is 129 Å². The molecule has 21 heavy (non-hydrogen) atoms. The Hall–Kier alpha value is -2.01. The third-order valence-corrected chi connectivity index (χ3v) is 2.99. The van der Waals surface area contributed by atoms with Crippen LogP contribution in [0.15, 0.2) is 30.5 Å². The second-order valence-corrected chi connectivity index (χ2v) is 4.78. The van der Waals surface area contributed by atoms with Crippen LogP contribution in [0.4, 0.5) is 17.5 Å². The van der Waals surface area contributed by atoms with E-state index >= 15 is 0 Å². The second-order valence-electron chi connectivity index (χ2n) is 4.37. The molecule has 6 heteroatoms. The fourth-order valence-corrected chi connectivity index (χ4v) is 1.89. The Morgan fingerprint density at radius 1 is 1.24 bits per heavy atom. The highest BCUT2D eigenvalue weighted by Gasteiger charge is 2.08. The van der Waals surface area contributed by atoms with Gasteiger partial charge in [0.15, 0.2) is 5.82 Å². The van der Waals surface area contributed by atoms with Crippen molar-refractivity contribution >= 4 is 29.1 Å². The maximum atomic E-state index is 6.15. The van der Waals surface area contributed by atoms with Crippen molar-refractivity contribution in [2.24, 2.45) is 0 Å². The average molecular weight is 307 g/mol. The van der Waals surface area contributed by atoms with Gasteiger partial charge in [-0.3, -0.25) is 0 Å². The summed E-state index contributed by atoms with van der Waals surface area (Å²) in [6.45, 7) is 5.44. The van der Waals surface area contributed by atoms with E-state index in [9.17, 15) is 0 Å². The first-order chi connectivity index (χ1) is 10.2. The van der Waals surface area contributed by atoms with Crippen molar-refractivity contribution in [1.29, 1.82) is 0 Å². The molecule has 1 heterocycles. The van der Waals surface area contributed by atoms with Gasteiger partial charge in [0.2, 0.25) is 5.95 Å². The third kappa shape index (κ3) is 4.23. The lowest BCUT2D eigenvalue weighted by atomic mass is 10.3. The normalized spacial score (nSPS) is 10.2. The molecule has 0 spiro atoms. The summed E-state index contributed by atoms with van der Waals surface area (Å²) in [5, 5.41) is 6.79. The zero-order valence-corrected chi connectivity index (χ0v) is 12.9. The van der Waals surface area contributed by atoms with Crippen LogP contribution in [-0.2, 0) is 0 Å². The van der Waals surface area contributed by atoms with Crippen LogP contribution in [0.25, 0.3) is 0 Å². The molecule has 0 saturated heterocycles. The number of nitrogens with zero attached hydrogens (tertiary/aromatic N) is 2. The van der Waals surface area contributed by atoms with Crippen molar-refractivity contribution in [3.05, 3.63) is 35.5 Å². The summed E-state index contributed by atoms with van der Waals surface area (Å²) in [6.07, 6.45) is 2.58. The topological polar surface area (TPSA) is 59.1 Å². The Balaban J connectivity index is 2.22. The van der Waals surface area contributed by atoms with Crippen molar-refractivity contribution < 1.29 is 4.74 Å². The lowest BCUT2D eigenvalue weighted by Gasteiger charge is -2.13. The van der Waals surface area contributed by atoms with Gasteiger partial charge >= 0.3 is 0 Å². The van der Waals surface area contributed by atoms with Gasteiger partial charge in [0.25, 0.3) is 0 Å². The van der Waals surface area contributed by atoms with Crippen LogP contribution >= 0.6 is 11.6 Å². The maximum absolute atomic E-state index is 6.15. The Bertz CT molecular complexity index is 592. The van der Waals surface area contributed by atoms with E-state index in [1.54, 1.807) is 6.20 Å². The first-order valence-electron chi connectivity index (χ1n) is 6.99. The van der Waals surface area contributed by atoms with Gasteiger partial charge in [0.1, 0.15) is 10.8 Å². The number of para-hydroxylation sites is 2. The van der Waals surface area contributed by atoms with Crippen LogP contribution in [0.2, 0.25) is 5.02 Å². The molecule has 1 aromatic heterocycles. The Morgan fingerprint density at radius 3 is 2.81 bits per heavy atom. The molecule has 0 fully saturated rings. The minimum Gasteiger partial charge on any atom is -0.492 e. The fraction of sp³-hybridized carbons (Fsp3) is 0.333. The number of hydrogen-bond acceptors (Lipinski definition) is 5. The molecule has 0 aliphatic carbocycles. The van der Waals surface area contributed by atoms with Gasteiger partial charge in [0, 0.05) is 6.54 Å². The van der Waals surface area contributed by atoms with E-state index in [1.165, 1.54) is 0 Å². The van der Waals surface area contributed by atoms with Gasteiger partial charge in [-0.25, -0.2) is 4.98 Å². The van der Waals surface area contributed by atoms with Crippen LogP contribution in [0.5, 0.6) is 5.75 Å². The smallest absolute Gasteiger partial charge is 0.224 e. The van der Waals surface area contributed by atoms with Crippen molar-refractivity contribution in [2.45, 2.75) is 20.3 Å². The van der Waals surface area contributed by atoms with Crippen LogP contribution < -0.4 is 15.4 Å². The Morgan fingerprint density at radius 2 is 2.05 bits per heavy atom. The van der Waals surface area contributed by atoms with E-state index in [0.29, 0.717) is 23.4 Å². The van der Waals surface area contributed by atoms with Gasteiger partial charge < -0.3 is 15.4 Å². The molecular weight excluding hydrogens is 288 g/mol. The van der Waals surface area contributed by atoms with Gasteiger partial charge in [-0.15, -0.1) is 0 Å². The van der Waals surface area contributed by atoms with Crippen molar-refractivity contribution in [2.75, 3.05) is 23.8 Å². The summed E-state index contributed by atoms with van der Waals surface area (Å²) in [5.74, 6) is 1.87. The van der Waals surface area contributed by atoms with Gasteiger partial charge in [0.05, 0.1) is 18.5 Å². The predicted octanol–water partition coefficient (Wildman–Crippen LogP) is 4.09. The second kappa shape index (κ2) is 7.69. The number of halogens is 1. The highest BCUT2D eigenvalue weighted by atomic mass is 35.5. The number of nitrogens with one attached hydrogen (secondary N) is 2. The lowest BCUT2D eigenvalue weighted by molar-refractivity contribution is 0.342. The summed E-state index contributed by atoms with van der Waals surface area (Å²) < 4.78 is 5.58. The molecule has 112 valence electrons. The SMILES string of the molecule is CCCNc1ncc(Cl)c(Nc2ccccc2OCC)n1. The zero-order chi connectivity index (χ0) is 15.1. The number of benzene rings is 1. The molecule has 0 atom stereocenters. The third-order valence-electron chi connectivity index (χ3n) is 2.72. The zero-order valence-electron chi connectivity index (χ0n) is 12.2. The summed E-state index contributed by atoms with van der Waals surface area (Å²) >= 11 is 6.15. The lowest BCUT2D eigenvalue weighted by Crippen LogP contribution is -2.06. The molecule has 1 aromatic carbocycles. The highest BCUT2D eigenvalue weighted by Crippen LogP contribution is 2.30. The molecule has 0 radical (unpaired) electrons. The number of anilines is 3. The molecule has 2 N–H and O–H groups in total. The molecular formula is C15H19ClN4O. The molecule has 0 aliphatic heterocycles. The van der Waals surface area contributed by atoms with Gasteiger partial charge in [-0.2, -0.15) is 4.98 Å². The van der Waals surface area contributed by atoms with Crippen molar-refractivity contribution in [1.82, 2.24) is 9.97 Å². The van der Waals surface area contributed by atoms with Crippen LogP contribution in [0, 0.1) is 0 Å². The van der Waals surface area contributed by atoms with E-state index in [2.05, 4.69) is 27.5 Å². The van der Waals surface area contributed by atoms with Crippen LogP contribution in [0.3, 0.4) is 0 Å². The molecule has 0 aliphatic rings. The number of aromatic nitrogens is 2. The predicted molar refractivity (Wildman–Crippen MR) is 86.7 cm³/mol. The van der Waals surface area contributed by atoms with Crippen molar-refractivity contribution in [3.8, 4) is 5.75 Å². The highest BCUT2D eigenvalue weighted by molar-refractivity contribution is 6.32. The van der Waals surface area contributed by atoms with E-state index in [-0.39, 0.29) is 0 Å². The molecule has 0 unspecified atom stereocenters. The Kier molecular flexibility index (Phi) is 5.63. The quantitative estimate of drug-likeness (QED) is 0.806. The molecule has 0 saturated carbocycles. The number of hydrogen-bond donors (Lipinski definition) is 2. The minimum absolute atomic E-state index is 0.461. The number of ether oxygens (including phenoxy) is 1. The van der Waals surface area contributed by atoms with E-state index < -0.39 is 0 Å². The summed E-state index contributed by atoms with van der Waals surface area (Å²) in [6, 6.07) is 7.67.